The highest BCUT2D eigenvalue weighted by Gasteiger charge is 2.36. The number of rotatable bonds is 16. The van der Waals surface area contributed by atoms with Gasteiger partial charge < -0.3 is 20.7 Å². The average molecular weight is 637 g/mol. The maximum Gasteiger partial charge on any atom is 0.243 e. The predicted octanol–water partition coefficient (Wildman–Crippen LogP) is 4.13. The van der Waals surface area contributed by atoms with Crippen molar-refractivity contribution in [2.75, 3.05) is 33.0 Å². The lowest BCUT2D eigenvalue weighted by Crippen LogP contribution is -2.59. The Bertz CT molecular complexity index is 1240. The number of halogens is 1. The van der Waals surface area contributed by atoms with Gasteiger partial charge in [-0.3, -0.25) is 9.59 Å². The Hall–Kier alpha value is -2.86. The Morgan fingerprint density at radius 1 is 0.932 bits per heavy atom. The molecule has 0 aliphatic rings. The third kappa shape index (κ3) is 14.3. The van der Waals surface area contributed by atoms with E-state index in [1.807, 2.05) is 78.8 Å². The molecule has 248 valence electrons. The molecule has 0 aromatic heterocycles. The molecule has 0 bridgehead atoms. The van der Waals surface area contributed by atoms with Gasteiger partial charge in [0.05, 0.1) is 24.9 Å². The van der Waals surface area contributed by atoms with Gasteiger partial charge in [0.1, 0.15) is 11.9 Å². The summed E-state index contributed by atoms with van der Waals surface area (Å²) in [5, 5.41) is 8.94. The summed E-state index contributed by atoms with van der Waals surface area (Å²) in [7, 11) is -2.03. The van der Waals surface area contributed by atoms with Crippen molar-refractivity contribution in [3.63, 3.8) is 0 Å². The van der Waals surface area contributed by atoms with Crippen molar-refractivity contribution in [1.29, 1.82) is 0 Å². The molecule has 0 radical (unpaired) electrons. The van der Waals surface area contributed by atoms with Crippen LogP contribution in [0.3, 0.4) is 0 Å². The number of methoxy groups -OCH3 is 1. The van der Waals surface area contributed by atoms with Crippen LogP contribution in [0.4, 0.5) is 4.39 Å². The summed E-state index contributed by atoms with van der Waals surface area (Å²) >= 11 is 0. The van der Waals surface area contributed by atoms with E-state index in [-0.39, 0.29) is 30.7 Å². The lowest BCUT2D eigenvalue weighted by Gasteiger charge is -2.35. The number of benzene rings is 2. The summed E-state index contributed by atoms with van der Waals surface area (Å²) in [5.74, 6) is -1.00. The van der Waals surface area contributed by atoms with Crippen molar-refractivity contribution in [1.82, 2.24) is 20.3 Å². The summed E-state index contributed by atoms with van der Waals surface area (Å²) in [4.78, 5) is 26.6. The minimum atomic E-state index is -3.53. The predicted molar refractivity (Wildman–Crippen MR) is 175 cm³/mol. The van der Waals surface area contributed by atoms with Gasteiger partial charge in [0.15, 0.2) is 0 Å². The Morgan fingerprint density at radius 2 is 1.52 bits per heavy atom. The van der Waals surface area contributed by atoms with Gasteiger partial charge in [0.2, 0.25) is 21.8 Å². The topological polar surface area (TPSA) is 117 Å². The molecule has 2 aromatic carbocycles. The molecule has 0 unspecified atom stereocenters. The number of carbonyl (C=O) groups is 2. The van der Waals surface area contributed by atoms with Crippen LogP contribution >= 0.6 is 0 Å². The standard InChI is InChI=1S/C31H47FN4O5S.C2H6/c1-22(2)20-36(42(7,39)40)21-27(41-6)26(17-23-11-9-8-10-12-23)34-30(38)29(31(3,4)5)35-28(37)19-33-18-24-13-15-25(32)16-14-24;1-2/h8-16,22,26-27,29,33H,17-21H2,1-7H3,(H,34,38)(H,35,37);1-2H3/t26-,27+,29+;/m0./s1. The third-order valence-corrected chi connectivity index (χ3v) is 8.00. The van der Waals surface area contributed by atoms with Gasteiger partial charge in [0.25, 0.3) is 0 Å². The number of carbonyl (C=O) groups excluding carboxylic acids is 2. The van der Waals surface area contributed by atoms with Crippen molar-refractivity contribution in [2.45, 2.75) is 79.6 Å². The molecule has 2 aromatic rings. The zero-order valence-corrected chi connectivity index (χ0v) is 28.6. The lowest BCUT2D eigenvalue weighted by molar-refractivity contribution is -0.132. The van der Waals surface area contributed by atoms with E-state index in [0.29, 0.717) is 19.5 Å². The first-order valence-corrected chi connectivity index (χ1v) is 17.0. The zero-order valence-electron chi connectivity index (χ0n) is 27.8. The minimum Gasteiger partial charge on any atom is -0.378 e. The molecule has 0 heterocycles. The van der Waals surface area contributed by atoms with Crippen LogP contribution in [-0.2, 0) is 37.3 Å². The smallest absolute Gasteiger partial charge is 0.243 e. The molecule has 0 saturated heterocycles. The van der Waals surface area contributed by atoms with Crippen LogP contribution < -0.4 is 16.0 Å². The number of hydrogen-bond acceptors (Lipinski definition) is 6. The summed E-state index contributed by atoms with van der Waals surface area (Å²) in [5.41, 5.74) is 1.14. The highest BCUT2D eigenvalue weighted by molar-refractivity contribution is 7.88. The molecule has 0 spiro atoms. The number of hydrogen-bond donors (Lipinski definition) is 3. The summed E-state index contributed by atoms with van der Waals surface area (Å²) in [6, 6.07) is 14.1. The number of sulfonamides is 1. The second-order valence-electron chi connectivity index (χ2n) is 12.1. The molecule has 0 fully saturated rings. The van der Waals surface area contributed by atoms with Gasteiger partial charge in [-0.15, -0.1) is 0 Å². The van der Waals surface area contributed by atoms with Crippen molar-refractivity contribution in [2.24, 2.45) is 11.3 Å². The van der Waals surface area contributed by atoms with Crippen molar-refractivity contribution < 1.29 is 27.1 Å². The van der Waals surface area contributed by atoms with Crippen LogP contribution in [0.25, 0.3) is 0 Å². The van der Waals surface area contributed by atoms with Crippen LogP contribution in [0, 0.1) is 17.2 Å². The third-order valence-electron chi connectivity index (χ3n) is 6.76. The fraction of sp³-hybridized carbons (Fsp3) is 0.576. The van der Waals surface area contributed by atoms with Crippen molar-refractivity contribution in [3.8, 4) is 0 Å². The maximum absolute atomic E-state index is 13.8. The molecule has 0 aliphatic carbocycles. The molecule has 44 heavy (non-hydrogen) atoms. The second kappa shape index (κ2) is 18.8. The van der Waals surface area contributed by atoms with Crippen LogP contribution in [0.15, 0.2) is 54.6 Å². The Morgan fingerprint density at radius 3 is 2.02 bits per heavy atom. The lowest BCUT2D eigenvalue weighted by atomic mass is 9.85. The molecule has 0 saturated carbocycles. The molecule has 2 rings (SSSR count). The first-order chi connectivity index (χ1) is 20.6. The number of nitrogens with one attached hydrogen (secondary N) is 3. The summed E-state index contributed by atoms with van der Waals surface area (Å²) in [6.45, 7) is 14.2. The van der Waals surface area contributed by atoms with E-state index < -0.39 is 39.5 Å². The van der Waals surface area contributed by atoms with Gasteiger partial charge in [-0.25, -0.2) is 12.8 Å². The molecule has 2 amide bonds. The van der Waals surface area contributed by atoms with Crippen LogP contribution in [0.5, 0.6) is 0 Å². The van der Waals surface area contributed by atoms with E-state index in [9.17, 15) is 22.4 Å². The van der Waals surface area contributed by atoms with Gasteiger partial charge in [-0.2, -0.15) is 4.31 Å². The zero-order chi connectivity index (χ0) is 33.5. The molecular formula is C33H53FN4O5S. The Kier molecular flexibility index (Phi) is 16.8. The fourth-order valence-corrected chi connectivity index (χ4v) is 5.53. The van der Waals surface area contributed by atoms with Crippen LogP contribution in [0.2, 0.25) is 0 Å². The van der Waals surface area contributed by atoms with Crippen LogP contribution in [0.1, 0.15) is 59.6 Å². The van der Waals surface area contributed by atoms with E-state index in [1.54, 1.807) is 12.1 Å². The minimum absolute atomic E-state index is 0.0378. The number of ether oxygens (including phenoxy) is 1. The van der Waals surface area contributed by atoms with E-state index in [2.05, 4.69) is 16.0 Å². The normalized spacial score (nSPS) is 13.9. The number of nitrogens with zero attached hydrogens (tertiary/aromatic N) is 1. The largest absolute Gasteiger partial charge is 0.378 e. The monoisotopic (exact) mass is 636 g/mol. The van der Waals surface area contributed by atoms with Crippen LogP contribution in [-0.4, -0.2) is 75.7 Å². The Labute approximate surface area is 264 Å². The van der Waals surface area contributed by atoms with E-state index in [1.165, 1.54) is 29.8 Å². The molecule has 0 aliphatic heterocycles. The molecule has 3 N–H and O–H groups in total. The molecule has 11 heteroatoms. The quantitative estimate of drug-likeness (QED) is 0.255. The van der Waals surface area contributed by atoms with E-state index in [4.69, 9.17) is 4.74 Å². The summed E-state index contributed by atoms with van der Waals surface area (Å²) in [6.07, 6.45) is 0.910. The SMILES string of the molecule is CC.CO[C@H](CN(CC(C)C)S(C)(=O)=O)[C@H](Cc1ccccc1)NC(=O)[C@@H](NC(=O)CNCc1ccc(F)cc1)C(C)(C)C. The van der Waals surface area contributed by atoms with Gasteiger partial charge in [0, 0.05) is 26.7 Å². The highest BCUT2D eigenvalue weighted by Crippen LogP contribution is 2.21. The van der Waals surface area contributed by atoms with Crippen molar-refractivity contribution >= 4 is 21.8 Å². The molecule has 9 nitrogen and oxygen atoms in total. The first-order valence-electron chi connectivity index (χ1n) is 15.2. The molecule has 3 atom stereocenters. The first kappa shape index (κ1) is 39.2. The summed E-state index contributed by atoms with van der Waals surface area (Å²) < 4.78 is 45.5. The van der Waals surface area contributed by atoms with E-state index >= 15 is 0 Å². The second-order valence-corrected chi connectivity index (χ2v) is 14.1. The Balaban J connectivity index is 0.00000474. The van der Waals surface area contributed by atoms with Crippen molar-refractivity contribution in [3.05, 3.63) is 71.5 Å². The van der Waals surface area contributed by atoms with Gasteiger partial charge in [-0.1, -0.05) is 90.9 Å². The fourth-order valence-electron chi connectivity index (χ4n) is 4.54. The number of amides is 2. The molecular weight excluding hydrogens is 583 g/mol. The van der Waals surface area contributed by atoms with Gasteiger partial charge >= 0.3 is 0 Å². The highest BCUT2D eigenvalue weighted by atomic mass is 32.2. The van der Waals surface area contributed by atoms with E-state index in [0.717, 1.165) is 11.1 Å². The average Bonchev–Trinajstić information content (AvgIpc) is 2.95. The van der Waals surface area contributed by atoms with Gasteiger partial charge in [-0.05, 0) is 41.0 Å². The maximum atomic E-state index is 13.8.